The van der Waals surface area contributed by atoms with Crippen molar-refractivity contribution in [1.82, 2.24) is 19.9 Å². The fraction of sp³-hybridized carbons (Fsp3) is 0. The van der Waals surface area contributed by atoms with Crippen LogP contribution in [0.1, 0.15) is 15.9 Å². The normalized spacial score (nSPS) is 11.2. The van der Waals surface area contributed by atoms with Gasteiger partial charge in [-0.15, -0.1) is 0 Å². The third-order valence-corrected chi connectivity index (χ3v) is 6.64. The van der Waals surface area contributed by atoms with Crippen molar-refractivity contribution in [3.05, 3.63) is 92.0 Å². The van der Waals surface area contributed by atoms with Crippen molar-refractivity contribution in [2.24, 2.45) is 0 Å². The summed E-state index contributed by atoms with van der Waals surface area (Å²) in [4.78, 5) is 50.0. The number of nitrogens with one attached hydrogen (secondary N) is 2. The van der Waals surface area contributed by atoms with Crippen molar-refractivity contribution in [2.45, 2.75) is 0 Å². The van der Waals surface area contributed by atoms with E-state index in [1.165, 1.54) is 0 Å². The topological polar surface area (TPSA) is 242 Å². The molecule has 0 saturated carbocycles. The lowest BCUT2D eigenvalue weighted by Gasteiger charge is -2.14. The maximum atomic E-state index is 14.2. The molecule has 0 spiro atoms. The van der Waals surface area contributed by atoms with Gasteiger partial charge in [0, 0.05) is 23.3 Å². The van der Waals surface area contributed by atoms with E-state index in [4.69, 9.17) is 0 Å². The maximum Gasteiger partial charge on any atom is 0.315 e. The lowest BCUT2D eigenvalue weighted by atomic mass is 9.91. The number of carbonyl (C=O) groups excluding carboxylic acids is 1. The average molecular weight is 568 g/mol. The molecule has 15 nitrogen and oxygen atoms in total. The number of fused-ring (bicyclic) bond motifs is 2. The highest BCUT2D eigenvalue weighted by molar-refractivity contribution is 6.18. The molecule has 4 aromatic carbocycles. The Balaban J connectivity index is 1.68. The summed E-state index contributed by atoms with van der Waals surface area (Å²) < 4.78 is 0. The number of rotatable bonds is 6. The van der Waals surface area contributed by atoms with Crippen LogP contribution in [0, 0.1) is 20.2 Å². The molecule has 0 unspecified atom stereocenters. The first kappa shape index (κ1) is 25.8. The molecule has 0 aliphatic heterocycles. The van der Waals surface area contributed by atoms with E-state index in [-0.39, 0.29) is 11.6 Å². The number of imidazole rings is 2. The maximum absolute atomic E-state index is 14.2. The number of nitro benzene ring substituents is 2. The van der Waals surface area contributed by atoms with Crippen molar-refractivity contribution in [2.75, 3.05) is 0 Å². The molecular weight excluding hydrogens is 552 g/mol. The van der Waals surface area contributed by atoms with Gasteiger partial charge in [-0.25, -0.2) is 9.97 Å². The van der Waals surface area contributed by atoms with Crippen molar-refractivity contribution in [1.29, 1.82) is 0 Å². The summed E-state index contributed by atoms with van der Waals surface area (Å²) in [5.74, 6) is -5.91. The lowest BCUT2D eigenvalue weighted by molar-refractivity contribution is -0.386. The minimum atomic E-state index is -1.17. The van der Waals surface area contributed by atoms with Crippen LogP contribution >= 0.6 is 0 Å². The van der Waals surface area contributed by atoms with E-state index in [2.05, 4.69) is 19.9 Å². The van der Waals surface area contributed by atoms with E-state index in [1.807, 2.05) is 0 Å². The molecule has 208 valence electrons. The highest BCUT2D eigenvalue weighted by Crippen LogP contribution is 2.49. The predicted molar refractivity (Wildman–Crippen MR) is 146 cm³/mol. The number of aromatic hydroxyl groups is 4. The van der Waals surface area contributed by atoms with E-state index >= 15 is 0 Å². The highest BCUT2D eigenvalue weighted by atomic mass is 16.6. The van der Waals surface area contributed by atoms with Crippen LogP contribution in [0.5, 0.6) is 23.0 Å². The molecular formula is C27H16N6O9. The van der Waals surface area contributed by atoms with Crippen LogP contribution in [0.2, 0.25) is 0 Å². The number of nitro groups is 2. The Bertz CT molecular complexity index is 1920. The van der Waals surface area contributed by atoms with Crippen LogP contribution < -0.4 is 0 Å². The summed E-state index contributed by atoms with van der Waals surface area (Å²) in [5, 5.41) is 66.2. The first-order valence-electron chi connectivity index (χ1n) is 12.0. The monoisotopic (exact) mass is 568 g/mol. The molecule has 0 radical (unpaired) electrons. The van der Waals surface area contributed by atoms with E-state index < -0.39 is 72.3 Å². The molecule has 15 heteroatoms. The van der Waals surface area contributed by atoms with Crippen LogP contribution in [0.25, 0.3) is 44.8 Å². The van der Waals surface area contributed by atoms with Gasteiger partial charge in [-0.05, 0) is 24.3 Å². The van der Waals surface area contributed by atoms with Gasteiger partial charge in [-0.1, -0.05) is 24.3 Å². The van der Waals surface area contributed by atoms with Crippen LogP contribution in [0.4, 0.5) is 11.4 Å². The molecule has 0 aliphatic rings. The van der Waals surface area contributed by atoms with Gasteiger partial charge in [-0.2, -0.15) is 0 Å². The van der Waals surface area contributed by atoms with Crippen molar-refractivity contribution in [3.8, 4) is 45.8 Å². The van der Waals surface area contributed by atoms with Gasteiger partial charge in [0.15, 0.2) is 17.3 Å². The van der Waals surface area contributed by atoms with E-state index in [0.717, 1.165) is 0 Å². The molecule has 42 heavy (non-hydrogen) atoms. The number of ketones is 1. The number of carbonyl (C=O) groups is 1. The fourth-order valence-corrected chi connectivity index (χ4v) is 4.69. The predicted octanol–water partition coefficient (Wildman–Crippen LogP) is 4.64. The SMILES string of the molecule is O=C(c1cc([N+](=O)[O-])c(O)c(O)c1-c1nc2ccccc2[nH]1)c1cc([N+](=O)[O-])c(O)c(O)c1-c1nc2ccccc2[nH]1. The summed E-state index contributed by atoms with van der Waals surface area (Å²) in [6, 6.07) is 14.6. The van der Waals surface area contributed by atoms with E-state index in [0.29, 0.717) is 34.2 Å². The number of para-hydroxylation sites is 4. The standard InChI is InChI=1S/C27H16N6O9/c34-21(11-9-17(32(39)40)22(35)24(37)19(11)26-28-13-5-1-2-6-14(13)29-26)12-10-18(33(41)42)23(36)25(38)20(12)27-30-15-7-3-4-8-16(15)31-27/h1-10,35-38H,(H,28,29)(H,30,31). The molecule has 2 aromatic heterocycles. The minimum Gasteiger partial charge on any atom is -0.504 e. The number of hydrogen-bond acceptors (Lipinski definition) is 11. The largest absolute Gasteiger partial charge is 0.504 e. The number of phenolic OH excluding ortho intramolecular Hbond substituents is 4. The van der Waals surface area contributed by atoms with Crippen molar-refractivity contribution >= 4 is 39.2 Å². The zero-order valence-corrected chi connectivity index (χ0v) is 20.9. The zero-order valence-electron chi connectivity index (χ0n) is 20.9. The minimum absolute atomic E-state index is 0.162. The third kappa shape index (κ3) is 3.88. The van der Waals surface area contributed by atoms with Crippen LogP contribution in [-0.2, 0) is 0 Å². The third-order valence-electron chi connectivity index (χ3n) is 6.64. The van der Waals surface area contributed by atoms with Crippen molar-refractivity contribution in [3.63, 3.8) is 0 Å². The Morgan fingerprint density at radius 2 is 1.02 bits per heavy atom. The van der Waals surface area contributed by atoms with Gasteiger partial charge in [0.2, 0.25) is 11.5 Å². The number of phenols is 4. The van der Waals surface area contributed by atoms with Gasteiger partial charge in [0.25, 0.3) is 0 Å². The fourth-order valence-electron chi connectivity index (χ4n) is 4.69. The first-order valence-corrected chi connectivity index (χ1v) is 12.0. The molecule has 0 atom stereocenters. The summed E-state index contributed by atoms with van der Waals surface area (Å²) in [6.45, 7) is 0. The van der Waals surface area contributed by atoms with Crippen LogP contribution in [0.3, 0.4) is 0 Å². The van der Waals surface area contributed by atoms with Gasteiger partial charge in [0.1, 0.15) is 11.6 Å². The number of aromatic amines is 2. The van der Waals surface area contributed by atoms with Crippen LogP contribution in [0.15, 0.2) is 60.7 Å². The van der Waals surface area contributed by atoms with Crippen LogP contribution in [-0.4, -0.2) is 56.0 Å². The number of benzene rings is 4. The number of hydrogen-bond donors (Lipinski definition) is 6. The molecule has 6 N–H and O–H groups in total. The molecule has 2 heterocycles. The number of aromatic nitrogens is 4. The summed E-state index contributed by atoms with van der Waals surface area (Å²) >= 11 is 0. The quantitative estimate of drug-likeness (QED) is 0.0699. The Hall–Kier alpha value is -6.51. The van der Waals surface area contributed by atoms with Gasteiger partial charge in [0.05, 0.1) is 43.0 Å². The Morgan fingerprint density at radius 1 is 0.643 bits per heavy atom. The first-order chi connectivity index (χ1) is 20.1. The molecule has 0 saturated heterocycles. The van der Waals surface area contributed by atoms with Gasteiger partial charge >= 0.3 is 11.4 Å². The summed E-state index contributed by atoms with van der Waals surface area (Å²) in [5.41, 5.74) is -2.49. The number of H-pyrrole nitrogens is 2. The second-order valence-corrected chi connectivity index (χ2v) is 9.08. The number of nitrogens with zero attached hydrogens (tertiary/aromatic N) is 4. The van der Waals surface area contributed by atoms with E-state index in [9.17, 15) is 45.4 Å². The molecule has 0 aliphatic carbocycles. The smallest absolute Gasteiger partial charge is 0.315 e. The molecule has 0 fully saturated rings. The van der Waals surface area contributed by atoms with Crippen molar-refractivity contribution < 1.29 is 35.1 Å². The van der Waals surface area contributed by atoms with Gasteiger partial charge < -0.3 is 30.4 Å². The Labute approximate surface area is 232 Å². The van der Waals surface area contributed by atoms with Gasteiger partial charge in [-0.3, -0.25) is 25.0 Å². The molecule has 0 bridgehead atoms. The lowest BCUT2D eigenvalue weighted by Crippen LogP contribution is -2.09. The zero-order chi connectivity index (χ0) is 29.9. The highest BCUT2D eigenvalue weighted by Gasteiger charge is 2.35. The average Bonchev–Trinajstić information content (AvgIpc) is 3.59. The summed E-state index contributed by atoms with van der Waals surface area (Å²) in [7, 11) is 0. The molecule has 6 rings (SSSR count). The second kappa shape index (κ2) is 9.30. The second-order valence-electron chi connectivity index (χ2n) is 9.08. The molecule has 0 amide bonds. The Morgan fingerprint density at radius 3 is 1.38 bits per heavy atom. The van der Waals surface area contributed by atoms with E-state index in [1.54, 1.807) is 48.5 Å². The Kier molecular flexibility index (Phi) is 5.70. The molecule has 6 aromatic rings. The summed E-state index contributed by atoms with van der Waals surface area (Å²) in [6.07, 6.45) is 0.